The van der Waals surface area contributed by atoms with Crippen LogP contribution < -0.4 is 0 Å². The Morgan fingerprint density at radius 3 is 2.41 bits per heavy atom. The van der Waals surface area contributed by atoms with Crippen LogP contribution in [0.2, 0.25) is 0 Å². The van der Waals surface area contributed by atoms with Gasteiger partial charge in [0, 0.05) is 11.5 Å². The van der Waals surface area contributed by atoms with E-state index < -0.39 is 6.10 Å². The Hall–Kier alpha value is -1.36. The van der Waals surface area contributed by atoms with Crippen molar-refractivity contribution in [2.75, 3.05) is 0 Å². The molecule has 0 spiro atoms. The van der Waals surface area contributed by atoms with Crippen molar-refractivity contribution in [2.45, 2.75) is 71.2 Å². The van der Waals surface area contributed by atoms with Gasteiger partial charge in [-0.15, -0.1) is 0 Å². The highest BCUT2D eigenvalue weighted by Gasteiger charge is 2.71. The molecule has 0 radical (unpaired) electrons. The molecule has 0 amide bonds. The third-order valence-corrected chi connectivity index (χ3v) is 9.29. The second kappa shape index (κ2) is 6.83. The molecular weight excluding hydrogens is 368 g/mol. The van der Waals surface area contributed by atoms with E-state index in [-0.39, 0.29) is 36.0 Å². The van der Waals surface area contributed by atoms with Crippen molar-refractivity contribution in [3.8, 4) is 0 Å². The Morgan fingerprint density at radius 1 is 1.00 bits per heavy atom. The zero-order valence-electron chi connectivity index (χ0n) is 17.8. The van der Waals surface area contributed by atoms with Crippen molar-refractivity contribution in [1.29, 1.82) is 0 Å². The zero-order chi connectivity index (χ0) is 20.6. The van der Waals surface area contributed by atoms with Gasteiger partial charge in [0.2, 0.25) is 0 Å². The van der Waals surface area contributed by atoms with E-state index >= 15 is 0 Å². The number of hydrogen-bond donors (Lipinski definition) is 1. The lowest BCUT2D eigenvalue weighted by molar-refractivity contribution is -0.164. The number of aliphatic hydroxyl groups excluding tert-OH is 1. The lowest BCUT2D eigenvalue weighted by Gasteiger charge is -2.43. The van der Waals surface area contributed by atoms with Crippen molar-refractivity contribution in [3.63, 3.8) is 0 Å². The summed E-state index contributed by atoms with van der Waals surface area (Å²) in [7, 11) is 0. The summed E-state index contributed by atoms with van der Waals surface area (Å²) in [4.78, 5) is 24.6. The number of ether oxygens (including phenoxy) is 2. The van der Waals surface area contributed by atoms with Crippen LogP contribution in [0.3, 0.4) is 0 Å². The second-order valence-electron chi connectivity index (χ2n) is 10.6. The van der Waals surface area contributed by atoms with Gasteiger partial charge in [0.25, 0.3) is 0 Å². The Labute approximate surface area is 173 Å². The molecule has 0 aromatic rings. The first-order chi connectivity index (χ1) is 13.8. The molecule has 5 rings (SSSR count). The summed E-state index contributed by atoms with van der Waals surface area (Å²) < 4.78 is 11.7. The molecule has 5 saturated carbocycles. The van der Waals surface area contributed by atoms with Crippen LogP contribution in [-0.2, 0) is 19.1 Å². The molecule has 0 heterocycles. The van der Waals surface area contributed by atoms with Gasteiger partial charge in [-0.3, -0.25) is 4.79 Å². The first kappa shape index (κ1) is 19.6. The monoisotopic (exact) mass is 402 g/mol. The summed E-state index contributed by atoms with van der Waals surface area (Å²) in [6.07, 6.45) is 4.00. The number of fused-ring (bicyclic) bond motifs is 12. The number of aliphatic hydroxyl groups is 1. The minimum atomic E-state index is -0.531. The van der Waals surface area contributed by atoms with Crippen LogP contribution in [0.15, 0.2) is 12.2 Å². The van der Waals surface area contributed by atoms with E-state index in [4.69, 9.17) is 9.47 Å². The van der Waals surface area contributed by atoms with Crippen LogP contribution in [0.4, 0.5) is 0 Å². The van der Waals surface area contributed by atoms with Gasteiger partial charge in [-0.05, 0) is 80.5 Å². The summed E-state index contributed by atoms with van der Waals surface area (Å²) in [5.74, 6) is 3.67. The quantitative estimate of drug-likeness (QED) is 0.434. The summed E-state index contributed by atoms with van der Waals surface area (Å²) in [5.41, 5.74) is 0.466. The lowest BCUT2D eigenvalue weighted by Crippen LogP contribution is -2.45. The molecule has 0 aliphatic heterocycles. The molecule has 0 saturated heterocycles. The molecule has 0 aromatic carbocycles. The molecular formula is C24H34O5. The van der Waals surface area contributed by atoms with E-state index in [0.29, 0.717) is 47.0 Å². The SMILES string of the molecule is C=C(C)C(=O)OC1CC2CC1C1C3CC(C4CC(O)C(OC(=O)C(C)CC)C43)C21. The summed E-state index contributed by atoms with van der Waals surface area (Å²) in [5, 5.41) is 10.7. The van der Waals surface area contributed by atoms with Crippen LogP contribution in [-0.4, -0.2) is 35.4 Å². The van der Waals surface area contributed by atoms with Gasteiger partial charge >= 0.3 is 11.9 Å². The summed E-state index contributed by atoms with van der Waals surface area (Å²) >= 11 is 0. The van der Waals surface area contributed by atoms with Crippen molar-refractivity contribution in [1.82, 2.24) is 0 Å². The lowest BCUT2D eigenvalue weighted by atomic mass is 9.63. The Bertz CT molecular complexity index is 731. The van der Waals surface area contributed by atoms with Crippen molar-refractivity contribution in [2.24, 2.45) is 53.3 Å². The second-order valence-corrected chi connectivity index (χ2v) is 10.6. The normalized spacial score (nSPS) is 49.6. The average molecular weight is 403 g/mol. The van der Waals surface area contributed by atoms with Crippen molar-refractivity contribution >= 4 is 11.9 Å². The maximum Gasteiger partial charge on any atom is 0.333 e. The average Bonchev–Trinajstić information content (AvgIpc) is 3.45. The molecule has 160 valence electrons. The van der Waals surface area contributed by atoms with Crippen LogP contribution in [0.1, 0.15) is 52.9 Å². The highest BCUT2D eigenvalue weighted by Crippen LogP contribution is 2.73. The Balaban J connectivity index is 1.35. The predicted molar refractivity (Wildman–Crippen MR) is 106 cm³/mol. The van der Waals surface area contributed by atoms with Gasteiger partial charge < -0.3 is 14.6 Å². The fourth-order valence-electron chi connectivity index (χ4n) is 8.17. The van der Waals surface area contributed by atoms with E-state index in [9.17, 15) is 14.7 Å². The number of carbonyl (C=O) groups is 2. The molecule has 12 atom stereocenters. The van der Waals surface area contributed by atoms with Crippen LogP contribution in [0, 0.1) is 53.3 Å². The first-order valence-electron chi connectivity index (χ1n) is 11.6. The minimum Gasteiger partial charge on any atom is -0.459 e. The topological polar surface area (TPSA) is 72.8 Å². The van der Waals surface area contributed by atoms with Gasteiger partial charge in [0.05, 0.1) is 12.0 Å². The third kappa shape index (κ3) is 2.75. The summed E-state index contributed by atoms with van der Waals surface area (Å²) in [6, 6.07) is 0. The van der Waals surface area contributed by atoms with Crippen molar-refractivity contribution < 1.29 is 24.2 Å². The Morgan fingerprint density at radius 2 is 1.72 bits per heavy atom. The number of hydrogen-bond acceptors (Lipinski definition) is 5. The van der Waals surface area contributed by atoms with Crippen LogP contribution in [0.5, 0.6) is 0 Å². The molecule has 12 unspecified atom stereocenters. The standard InChI is InChI=1S/C24H34O5/c1-5-11(4)24(27)29-22-17(25)9-14-13-8-16(21(14)22)20-15-6-12(19(13)20)7-18(15)28-23(26)10(2)3/h11-22,25H,2,5-9H2,1,3-4H3. The van der Waals surface area contributed by atoms with E-state index in [1.54, 1.807) is 6.92 Å². The third-order valence-electron chi connectivity index (χ3n) is 9.29. The molecule has 5 aliphatic rings. The first-order valence-corrected chi connectivity index (χ1v) is 11.6. The maximum atomic E-state index is 12.5. The predicted octanol–water partition coefficient (Wildman–Crippen LogP) is 3.35. The van der Waals surface area contributed by atoms with E-state index in [1.165, 1.54) is 6.42 Å². The molecule has 4 bridgehead atoms. The number of esters is 2. The van der Waals surface area contributed by atoms with Crippen molar-refractivity contribution in [3.05, 3.63) is 12.2 Å². The van der Waals surface area contributed by atoms with Gasteiger partial charge in [0.1, 0.15) is 12.2 Å². The minimum absolute atomic E-state index is 0.00990. The molecule has 29 heavy (non-hydrogen) atoms. The molecule has 5 nitrogen and oxygen atoms in total. The zero-order valence-corrected chi connectivity index (χ0v) is 17.8. The van der Waals surface area contributed by atoms with Gasteiger partial charge in [-0.25, -0.2) is 4.79 Å². The van der Waals surface area contributed by atoms with E-state index in [1.807, 2.05) is 13.8 Å². The van der Waals surface area contributed by atoms with Gasteiger partial charge in [-0.2, -0.15) is 0 Å². The summed E-state index contributed by atoms with van der Waals surface area (Å²) in [6.45, 7) is 9.32. The molecule has 1 N–H and O–H groups in total. The molecule has 5 heteroatoms. The fourth-order valence-corrected chi connectivity index (χ4v) is 8.17. The smallest absolute Gasteiger partial charge is 0.333 e. The van der Waals surface area contributed by atoms with Crippen LogP contribution >= 0.6 is 0 Å². The van der Waals surface area contributed by atoms with E-state index in [2.05, 4.69) is 6.58 Å². The maximum absolute atomic E-state index is 12.5. The largest absolute Gasteiger partial charge is 0.459 e. The van der Waals surface area contributed by atoms with E-state index in [0.717, 1.165) is 25.7 Å². The number of carbonyl (C=O) groups excluding carboxylic acids is 2. The molecule has 0 aromatic heterocycles. The van der Waals surface area contributed by atoms with Gasteiger partial charge in [-0.1, -0.05) is 20.4 Å². The highest BCUT2D eigenvalue weighted by atomic mass is 16.6. The van der Waals surface area contributed by atoms with Crippen LogP contribution in [0.25, 0.3) is 0 Å². The fraction of sp³-hybridized carbons (Fsp3) is 0.833. The molecule has 5 fully saturated rings. The number of rotatable bonds is 5. The van der Waals surface area contributed by atoms with Gasteiger partial charge in [0.15, 0.2) is 0 Å². The Kier molecular flexibility index (Phi) is 4.61. The molecule has 5 aliphatic carbocycles. The highest BCUT2D eigenvalue weighted by molar-refractivity contribution is 5.87.